The van der Waals surface area contributed by atoms with Gasteiger partial charge in [-0.1, -0.05) is 6.08 Å². The van der Waals surface area contributed by atoms with Crippen LogP contribution in [0.3, 0.4) is 0 Å². The molecule has 0 saturated carbocycles. The summed E-state index contributed by atoms with van der Waals surface area (Å²) in [7, 11) is 1.41. The number of anilines is 1. The van der Waals surface area contributed by atoms with Gasteiger partial charge in [0.05, 0.1) is 24.4 Å². The summed E-state index contributed by atoms with van der Waals surface area (Å²) in [4.78, 5) is 23.9. The van der Waals surface area contributed by atoms with Gasteiger partial charge in [0, 0.05) is 12.6 Å². The molecular weight excluding hydrogens is 274 g/mol. The van der Waals surface area contributed by atoms with Crippen molar-refractivity contribution < 1.29 is 19.4 Å². The number of carbonyl (C=O) groups excluding carboxylic acids is 1. The summed E-state index contributed by atoms with van der Waals surface area (Å²) in [5, 5.41) is 20.1. The van der Waals surface area contributed by atoms with Crippen LogP contribution >= 0.6 is 0 Å². The third kappa shape index (κ3) is 4.54. The minimum absolute atomic E-state index is 0.0940. The third-order valence-corrected chi connectivity index (χ3v) is 2.54. The van der Waals surface area contributed by atoms with Gasteiger partial charge in [0.25, 0.3) is 0 Å². The van der Waals surface area contributed by atoms with Crippen molar-refractivity contribution in [1.29, 1.82) is 5.26 Å². The monoisotopic (exact) mass is 289 g/mol. The molecule has 21 heavy (non-hydrogen) atoms. The second-order valence-electron chi connectivity index (χ2n) is 4.02. The van der Waals surface area contributed by atoms with Gasteiger partial charge in [-0.3, -0.25) is 4.79 Å². The number of carboxylic acid groups (broad SMARTS) is 1. The molecule has 2 amide bonds. The SMILES string of the molecule is C=CCN(CC(=O)O)C(=O)Nc1ccc(C#N)cc1OC. The van der Waals surface area contributed by atoms with Gasteiger partial charge in [-0.05, 0) is 12.1 Å². The van der Waals surface area contributed by atoms with E-state index in [1.165, 1.54) is 31.4 Å². The maximum atomic E-state index is 12.0. The lowest BCUT2D eigenvalue weighted by molar-refractivity contribution is -0.137. The highest BCUT2D eigenvalue weighted by Gasteiger charge is 2.17. The Balaban J connectivity index is 2.92. The van der Waals surface area contributed by atoms with Crippen molar-refractivity contribution >= 4 is 17.7 Å². The zero-order valence-corrected chi connectivity index (χ0v) is 11.5. The Morgan fingerprint density at radius 2 is 2.29 bits per heavy atom. The number of hydrogen-bond acceptors (Lipinski definition) is 4. The Morgan fingerprint density at radius 1 is 1.57 bits per heavy atom. The number of benzene rings is 1. The van der Waals surface area contributed by atoms with E-state index in [2.05, 4.69) is 11.9 Å². The van der Waals surface area contributed by atoms with Gasteiger partial charge in [0.2, 0.25) is 0 Å². The highest BCUT2D eigenvalue weighted by atomic mass is 16.5. The number of methoxy groups -OCH3 is 1. The minimum Gasteiger partial charge on any atom is -0.495 e. The molecule has 0 aliphatic carbocycles. The van der Waals surface area contributed by atoms with Crippen LogP contribution < -0.4 is 10.1 Å². The number of carboxylic acids is 1. The summed E-state index contributed by atoms with van der Waals surface area (Å²) in [5.41, 5.74) is 0.735. The molecule has 1 aromatic rings. The smallest absolute Gasteiger partial charge is 0.323 e. The molecule has 0 unspecified atom stereocenters. The number of urea groups is 1. The number of carbonyl (C=O) groups is 2. The van der Waals surface area contributed by atoms with Crippen molar-refractivity contribution in [2.75, 3.05) is 25.5 Å². The van der Waals surface area contributed by atoms with Crippen LogP contribution in [-0.2, 0) is 4.79 Å². The second-order valence-corrected chi connectivity index (χ2v) is 4.02. The number of nitriles is 1. The molecule has 0 atom stereocenters. The van der Waals surface area contributed by atoms with Crippen LogP contribution in [0.15, 0.2) is 30.9 Å². The average molecular weight is 289 g/mol. The Labute approximate surface area is 122 Å². The van der Waals surface area contributed by atoms with Crippen LogP contribution in [0.5, 0.6) is 5.75 Å². The standard InChI is InChI=1S/C14H15N3O4/c1-3-6-17(9-13(18)19)14(20)16-11-5-4-10(8-15)7-12(11)21-2/h3-5,7H,1,6,9H2,2H3,(H,16,20)(H,18,19). The fraction of sp³-hybridized carbons (Fsp3) is 0.214. The van der Waals surface area contributed by atoms with E-state index in [4.69, 9.17) is 15.1 Å². The van der Waals surface area contributed by atoms with E-state index in [0.29, 0.717) is 17.0 Å². The quantitative estimate of drug-likeness (QED) is 0.775. The lowest BCUT2D eigenvalue weighted by Crippen LogP contribution is -2.38. The number of rotatable bonds is 6. The second kappa shape index (κ2) is 7.55. The number of aliphatic carboxylic acids is 1. The largest absolute Gasteiger partial charge is 0.495 e. The molecule has 0 spiro atoms. The Hall–Kier alpha value is -3.01. The zero-order valence-electron chi connectivity index (χ0n) is 11.5. The minimum atomic E-state index is -1.13. The van der Waals surface area contributed by atoms with E-state index in [0.717, 1.165) is 4.90 Å². The van der Waals surface area contributed by atoms with Gasteiger partial charge in [0.15, 0.2) is 0 Å². The number of ether oxygens (including phenoxy) is 1. The molecule has 0 fully saturated rings. The molecule has 0 heterocycles. The first kappa shape index (κ1) is 16.0. The van der Waals surface area contributed by atoms with Gasteiger partial charge in [0.1, 0.15) is 12.3 Å². The Bertz CT molecular complexity index is 592. The van der Waals surface area contributed by atoms with Crippen molar-refractivity contribution in [2.45, 2.75) is 0 Å². The highest BCUT2D eigenvalue weighted by molar-refractivity contribution is 5.93. The lowest BCUT2D eigenvalue weighted by atomic mass is 10.2. The summed E-state index contributed by atoms with van der Waals surface area (Å²) < 4.78 is 5.09. The number of nitrogens with one attached hydrogen (secondary N) is 1. The van der Waals surface area contributed by atoms with Gasteiger partial charge in [-0.25, -0.2) is 4.79 Å². The molecule has 0 radical (unpaired) electrons. The molecule has 0 aliphatic rings. The van der Waals surface area contributed by atoms with Crippen LogP contribution in [-0.4, -0.2) is 42.2 Å². The van der Waals surface area contributed by atoms with Crippen molar-refractivity contribution in [3.63, 3.8) is 0 Å². The van der Waals surface area contributed by atoms with Crippen molar-refractivity contribution in [1.82, 2.24) is 4.90 Å². The first-order valence-corrected chi connectivity index (χ1v) is 5.98. The zero-order chi connectivity index (χ0) is 15.8. The van der Waals surface area contributed by atoms with Crippen molar-refractivity contribution in [3.05, 3.63) is 36.4 Å². The molecule has 0 aromatic heterocycles. The fourth-order valence-corrected chi connectivity index (χ4v) is 1.60. The molecule has 7 nitrogen and oxygen atoms in total. The van der Waals surface area contributed by atoms with E-state index in [-0.39, 0.29) is 6.54 Å². The normalized spacial score (nSPS) is 9.33. The van der Waals surface area contributed by atoms with Crippen LogP contribution in [0.2, 0.25) is 0 Å². The Kier molecular flexibility index (Phi) is 5.77. The molecule has 1 aromatic carbocycles. The van der Waals surface area contributed by atoms with Crippen LogP contribution in [0.4, 0.5) is 10.5 Å². The van der Waals surface area contributed by atoms with E-state index in [1.807, 2.05) is 6.07 Å². The topological polar surface area (TPSA) is 103 Å². The first-order chi connectivity index (χ1) is 10.0. The molecule has 0 aliphatic heterocycles. The highest BCUT2D eigenvalue weighted by Crippen LogP contribution is 2.25. The number of hydrogen-bond donors (Lipinski definition) is 2. The van der Waals surface area contributed by atoms with E-state index >= 15 is 0 Å². The van der Waals surface area contributed by atoms with E-state index in [1.54, 1.807) is 0 Å². The van der Waals surface area contributed by atoms with Gasteiger partial charge >= 0.3 is 12.0 Å². The molecule has 1 rings (SSSR count). The molecule has 110 valence electrons. The maximum absolute atomic E-state index is 12.0. The van der Waals surface area contributed by atoms with Crippen molar-refractivity contribution in [3.8, 4) is 11.8 Å². The van der Waals surface area contributed by atoms with Gasteiger partial charge in [-0.2, -0.15) is 5.26 Å². The van der Waals surface area contributed by atoms with Crippen LogP contribution in [0.25, 0.3) is 0 Å². The first-order valence-electron chi connectivity index (χ1n) is 5.98. The van der Waals surface area contributed by atoms with Crippen molar-refractivity contribution in [2.24, 2.45) is 0 Å². The van der Waals surface area contributed by atoms with Gasteiger partial charge in [-0.15, -0.1) is 6.58 Å². The molecule has 0 saturated heterocycles. The molecular formula is C14H15N3O4. The molecule has 7 heteroatoms. The summed E-state index contributed by atoms with van der Waals surface area (Å²) in [6, 6.07) is 5.87. The van der Waals surface area contributed by atoms with E-state index < -0.39 is 18.5 Å². The summed E-state index contributed by atoms with van der Waals surface area (Å²) >= 11 is 0. The predicted molar refractivity (Wildman–Crippen MR) is 76.1 cm³/mol. The summed E-state index contributed by atoms with van der Waals surface area (Å²) in [6.07, 6.45) is 1.43. The third-order valence-electron chi connectivity index (χ3n) is 2.54. The predicted octanol–water partition coefficient (Wildman–Crippen LogP) is 1.67. The fourth-order valence-electron chi connectivity index (χ4n) is 1.60. The summed E-state index contributed by atoms with van der Waals surface area (Å²) in [5.74, 6) is -0.810. The molecule has 2 N–H and O–H groups in total. The lowest BCUT2D eigenvalue weighted by Gasteiger charge is -2.20. The van der Waals surface area contributed by atoms with Crippen LogP contribution in [0.1, 0.15) is 5.56 Å². The maximum Gasteiger partial charge on any atom is 0.323 e. The van der Waals surface area contributed by atoms with Gasteiger partial charge < -0.3 is 20.1 Å². The summed E-state index contributed by atoms with van der Waals surface area (Å²) in [6.45, 7) is 3.12. The number of nitrogens with zero attached hydrogens (tertiary/aromatic N) is 2. The Morgan fingerprint density at radius 3 is 2.81 bits per heavy atom. The average Bonchev–Trinajstić information content (AvgIpc) is 2.46. The molecule has 0 bridgehead atoms. The van der Waals surface area contributed by atoms with E-state index in [9.17, 15) is 9.59 Å². The van der Waals surface area contributed by atoms with Crippen LogP contribution in [0, 0.1) is 11.3 Å². The number of amides is 2.